The summed E-state index contributed by atoms with van der Waals surface area (Å²) in [4.78, 5) is 14.0. The number of hydrogen-bond acceptors (Lipinski definition) is 4. The second kappa shape index (κ2) is 10.0. The van der Waals surface area contributed by atoms with E-state index in [4.69, 9.17) is 5.39 Å². The first kappa shape index (κ1) is 18.2. The summed E-state index contributed by atoms with van der Waals surface area (Å²) >= 11 is 0. The summed E-state index contributed by atoms with van der Waals surface area (Å²) in [5.74, 6) is -0.511. The van der Waals surface area contributed by atoms with Gasteiger partial charge >= 0.3 is 11.7 Å². The van der Waals surface area contributed by atoms with E-state index in [2.05, 4.69) is 36.6 Å². The van der Waals surface area contributed by atoms with Crippen LogP contribution in [-0.2, 0) is 9.53 Å². The highest BCUT2D eigenvalue weighted by atomic mass is 16.5. The van der Waals surface area contributed by atoms with Crippen LogP contribution in [0, 0.1) is 11.3 Å². The van der Waals surface area contributed by atoms with Crippen molar-refractivity contribution in [3.05, 3.63) is 28.1 Å². The molecular formula is C15H25N2O3+. The number of aliphatic hydroxyl groups excluding tert-OH is 1. The lowest BCUT2D eigenvalue weighted by molar-refractivity contribution is -0.136. The molecule has 5 nitrogen and oxygen atoms in total. The Morgan fingerprint density at radius 2 is 2.05 bits per heavy atom. The summed E-state index contributed by atoms with van der Waals surface area (Å²) in [6, 6.07) is 0. The summed E-state index contributed by atoms with van der Waals surface area (Å²) in [6.45, 7) is 6.33. The molecule has 0 bridgehead atoms. The van der Waals surface area contributed by atoms with E-state index in [0.717, 1.165) is 25.7 Å². The number of carbonyl (C=O) groups is 1. The van der Waals surface area contributed by atoms with Gasteiger partial charge < -0.3 is 9.84 Å². The first-order valence-electron chi connectivity index (χ1n) is 6.91. The molecule has 0 amide bonds. The number of diazo groups is 1. The number of nitrogens with zero attached hydrogens (tertiary/aromatic N) is 2. The number of ether oxygens (including phenoxy) is 1. The normalized spacial score (nSPS) is 12.9. The van der Waals surface area contributed by atoms with Crippen LogP contribution in [-0.4, -0.2) is 18.2 Å². The summed E-state index contributed by atoms with van der Waals surface area (Å²) < 4.78 is 4.41. The summed E-state index contributed by atoms with van der Waals surface area (Å²) in [7, 11) is 1.17. The minimum Gasteiger partial charge on any atom is -0.505 e. The Balaban J connectivity index is 4.17. The molecule has 20 heavy (non-hydrogen) atoms. The molecule has 0 fully saturated rings. The van der Waals surface area contributed by atoms with Gasteiger partial charge in [0.25, 0.3) is 0 Å². The standard InChI is InChI=1S/C15H24N2O3/c1-11(2)7-5-8-12(3)9-6-10-13(18)14(17-16)15(19)20-4/h7,12H,5-6,8-10H2,1-4H3/p+1/t12-/m1/s1. The number of esters is 1. The van der Waals surface area contributed by atoms with Crippen molar-refractivity contribution in [1.82, 2.24) is 0 Å². The number of methoxy groups -OCH3 is 1. The van der Waals surface area contributed by atoms with E-state index in [0.29, 0.717) is 12.3 Å². The Hall–Kier alpha value is -1.83. The quantitative estimate of drug-likeness (QED) is 0.236. The third kappa shape index (κ3) is 7.57. The van der Waals surface area contributed by atoms with Gasteiger partial charge in [-0.1, -0.05) is 25.0 Å². The predicted octanol–water partition coefficient (Wildman–Crippen LogP) is 4.33. The van der Waals surface area contributed by atoms with Crippen LogP contribution in [0.4, 0.5) is 0 Å². The van der Waals surface area contributed by atoms with Crippen LogP contribution in [0.2, 0.25) is 0 Å². The summed E-state index contributed by atoms with van der Waals surface area (Å²) in [6.07, 6.45) is 6.36. The molecule has 0 unspecified atom stereocenters. The van der Waals surface area contributed by atoms with Gasteiger partial charge in [0, 0.05) is 6.42 Å². The molecule has 1 atom stereocenters. The van der Waals surface area contributed by atoms with Gasteiger partial charge in [-0.2, -0.15) is 0 Å². The number of aliphatic hydroxyl groups is 1. The first-order chi connectivity index (χ1) is 9.42. The van der Waals surface area contributed by atoms with E-state index < -0.39 is 11.7 Å². The maximum absolute atomic E-state index is 11.2. The SMILES string of the molecule is COC(=O)/C([N+]#N)=C(\O)CCC[C@H](C)CCC=C(C)C. The van der Waals surface area contributed by atoms with Crippen LogP contribution < -0.4 is 0 Å². The fourth-order valence-electron chi connectivity index (χ4n) is 1.85. The van der Waals surface area contributed by atoms with Crippen LogP contribution in [0.25, 0.3) is 4.98 Å². The molecule has 0 aliphatic heterocycles. The molecule has 0 aromatic rings. The third-order valence-electron chi connectivity index (χ3n) is 3.07. The van der Waals surface area contributed by atoms with Crippen LogP contribution in [0.3, 0.4) is 0 Å². The molecule has 0 spiro atoms. The van der Waals surface area contributed by atoms with Crippen LogP contribution in [0.5, 0.6) is 0 Å². The van der Waals surface area contributed by atoms with Crippen LogP contribution in [0.1, 0.15) is 52.9 Å². The lowest BCUT2D eigenvalue weighted by Crippen LogP contribution is -2.05. The van der Waals surface area contributed by atoms with Gasteiger partial charge in [-0.05, 0) is 39.0 Å². The fourth-order valence-corrected chi connectivity index (χ4v) is 1.85. The van der Waals surface area contributed by atoms with Crippen molar-refractivity contribution in [1.29, 1.82) is 5.39 Å². The minimum atomic E-state index is -0.832. The number of rotatable bonds is 8. The molecule has 5 heteroatoms. The fraction of sp³-hybridized carbons (Fsp3) is 0.667. The zero-order valence-corrected chi connectivity index (χ0v) is 12.8. The van der Waals surface area contributed by atoms with Gasteiger partial charge in [-0.3, -0.25) is 0 Å². The smallest absolute Gasteiger partial charge is 0.505 e. The molecule has 0 heterocycles. The molecule has 1 N–H and O–H groups in total. The first-order valence-corrected chi connectivity index (χ1v) is 6.91. The van der Waals surface area contributed by atoms with Gasteiger partial charge in [0.05, 0.1) is 7.11 Å². The van der Waals surface area contributed by atoms with Crippen molar-refractivity contribution in [3.8, 4) is 0 Å². The van der Waals surface area contributed by atoms with E-state index >= 15 is 0 Å². The van der Waals surface area contributed by atoms with Gasteiger partial charge in [0.15, 0.2) is 10.7 Å². The van der Waals surface area contributed by atoms with Crippen molar-refractivity contribution in [2.24, 2.45) is 5.92 Å². The molecule has 0 saturated carbocycles. The van der Waals surface area contributed by atoms with Gasteiger partial charge in [-0.25, -0.2) is 4.79 Å². The molecule has 0 aliphatic rings. The molecule has 0 aromatic heterocycles. The van der Waals surface area contributed by atoms with Gasteiger partial charge in [0.1, 0.15) is 0 Å². The Kier molecular flexibility index (Phi) is 9.10. The van der Waals surface area contributed by atoms with Crippen LogP contribution in [0.15, 0.2) is 23.1 Å². The zero-order valence-electron chi connectivity index (χ0n) is 12.8. The molecule has 0 saturated heterocycles. The highest BCUT2D eigenvalue weighted by Crippen LogP contribution is 2.18. The topological polar surface area (TPSA) is 74.7 Å². The Morgan fingerprint density at radius 3 is 2.55 bits per heavy atom. The van der Waals surface area contributed by atoms with Gasteiger partial charge in [-0.15, -0.1) is 0 Å². The lowest BCUT2D eigenvalue weighted by Gasteiger charge is -2.09. The van der Waals surface area contributed by atoms with E-state index in [1.807, 2.05) is 0 Å². The summed E-state index contributed by atoms with van der Waals surface area (Å²) in [5.41, 5.74) is 0.912. The third-order valence-corrected chi connectivity index (χ3v) is 3.07. The average molecular weight is 281 g/mol. The predicted molar refractivity (Wildman–Crippen MR) is 78.4 cm³/mol. The molecular weight excluding hydrogens is 256 g/mol. The lowest BCUT2D eigenvalue weighted by atomic mass is 9.98. The molecule has 112 valence electrons. The van der Waals surface area contributed by atoms with Crippen molar-refractivity contribution in [3.63, 3.8) is 0 Å². The second-order valence-corrected chi connectivity index (χ2v) is 5.24. The Morgan fingerprint density at radius 1 is 1.40 bits per heavy atom. The maximum atomic E-state index is 11.2. The highest BCUT2D eigenvalue weighted by Gasteiger charge is 2.29. The molecule has 0 radical (unpaired) electrons. The monoisotopic (exact) mass is 281 g/mol. The van der Waals surface area contributed by atoms with Crippen molar-refractivity contribution in [2.45, 2.75) is 52.9 Å². The van der Waals surface area contributed by atoms with Crippen molar-refractivity contribution >= 4 is 5.97 Å². The molecule has 0 rings (SSSR count). The number of carbonyl (C=O) groups excluding carboxylic acids is 1. The zero-order chi connectivity index (χ0) is 15.5. The minimum absolute atomic E-state index is 0.226. The average Bonchev–Trinajstić information content (AvgIpc) is 2.38. The van der Waals surface area contributed by atoms with Crippen molar-refractivity contribution < 1.29 is 14.6 Å². The van der Waals surface area contributed by atoms with E-state index in [9.17, 15) is 9.90 Å². The summed E-state index contributed by atoms with van der Waals surface area (Å²) in [5, 5.41) is 18.4. The van der Waals surface area contributed by atoms with E-state index in [1.165, 1.54) is 12.7 Å². The maximum Gasteiger partial charge on any atom is 0.505 e. The van der Waals surface area contributed by atoms with Gasteiger partial charge in [0.2, 0.25) is 5.39 Å². The second-order valence-electron chi connectivity index (χ2n) is 5.24. The largest absolute Gasteiger partial charge is 0.505 e. The number of hydrogen-bond donors (Lipinski definition) is 1. The molecule has 0 aromatic carbocycles. The van der Waals surface area contributed by atoms with E-state index in [-0.39, 0.29) is 5.76 Å². The van der Waals surface area contributed by atoms with E-state index in [1.54, 1.807) is 0 Å². The van der Waals surface area contributed by atoms with Crippen LogP contribution >= 0.6 is 0 Å². The van der Waals surface area contributed by atoms with Crippen molar-refractivity contribution in [2.75, 3.05) is 7.11 Å². The highest BCUT2D eigenvalue weighted by molar-refractivity contribution is 5.90. The number of allylic oxidation sites excluding steroid dienone is 3. The Bertz CT molecular complexity index is 415. The Labute approximate surface area is 120 Å². The molecule has 0 aliphatic carbocycles.